The Kier molecular flexibility index (Phi) is 4.15. The fraction of sp³-hybridized carbons (Fsp3) is 0. The summed E-state index contributed by atoms with van der Waals surface area (Å²) in [6.45, 7) is 0. The molecule has 0 aliphatic heterocycles. The van der Waals surface area contributed by atoms with Crippen LogP contribution >= 0.6 is 0 Å². The summed E-state index contributed by atoms with van der Waals surface area (Å²) in [5.74, 6) is 4.88. The summed E-state index contributed by atoms with van der Waals surface area (Å²) in [5, 5.41) is 8.90. The lowest BCUT2D eigenvalue weighted by Crippen LogP contribution is -1.91. The summed E-state index contributed by atoms with van der Waals surface area (Å²) in [7, 11) is 0. The number of carbonyl (C=O) groups is 1. The average molecular weight is 248 g/mol. The highest BCUT2D eigenvalue weighted by molar-refractivity contribution is 5.95. The van der Waals surface area contributed by atoms with Crippen molar-refractivity contribution in [3.63, 3.8) is 0 Å². The number of aliphatic carboxylic acids is 1. The van der Waals surface area contributed by atoms with Gasteiger partial charge < -0.3 is 5.11 Å². The van der Waals surface area contributed by atoms with Gasteiger partial charge in [-0.2, -0.15) is 0 Å². The van der Waals surface area contributed by atoms with Gasteiger partial charge >= 0.3 is 5.97 Å². The standard InChI is InChI=1S/C17H12O2/c18-17(19)13-16(15-9-5-2-6-10-15)12-11-14-7-3-1-4-8-14/h1-10,13H,(H,18,19)/b16-13-. The van der Waals surface area contributed by atoms with Crippen LogP contribution in [-0.2, 0) is 4.79 Å². The van der Waals surface area contributed by atoms with Crippen molar-refractivity contribution in [2.24, 2.45) is 0 Å². The van der Waals surface area contributed by atoms with Crippen molar-refractivity contribution in [3.8, 4) is 11.8 Å². The lowest BCUT2D eigenvalue weighted by molar-refractivity contribution is -0.131. The highest BCUT2D eigenvalue weighted by Gasteiger charge is 2.00. The highest BCUT2D eigenvalue weighted by Crippen LogP contribution is 2.13. The number of allylic oxidation sites excluding steroid dienone is 1. The second-order valence-corrected chi connectivity index (χ2v) is 3.88. The Morgan fingerprint density at radius 2 is 1.53 bits per heavy atom. The van der Waals surface area contributed by atoms with E-state index in [1.165, 1.54) is 0 Å². The van der Waals surface area contributed by atoms with E-state index >= 15 is 0 Å². The molecule has 0 heterocycles. The fourth-order valence-corrected chi connectivity index (χ4v) is 1.59. The molecule has 2 aromatic rings. The van der Waals surface area contributed by atoms with Crippen molar-refractivity contribution >= 4 is 11.5 Å². The molecule has 0 aliphatic rings. The average Bonchev–Trinajstić information content (AvgIpc) is 2.45. The van der Waals surface area contributed by atoms with Gasteiger partial charge in [-0.3, -0.25) is 0 Å². The zero-order valence-electron chi connectivity index (χ0n) is 10.2. The normalized spacial score (nSPS) is 10.4. The van der Waals surface area contributed by atoms with E-state index in [1.54, 1.807) is 0 Å². The minimum atomic E-state index is -0.999. The Hall–Kier alpha value is -2.79. The van der Waals surface area contributed by atoms with Crippen LogP contribution in [0.4, 0.5) is 0 Å². The fourth-order valence-electron chi connectivity index (χ4n) is 1.59. The number of benzene rings is 2. The van der Waals surface area contributed by atoms with Gasteiger partial charge in [0, 0.05) is 17.2 Å². The number of hydrogen-bond donors (Lipinski definition) is 1. The zero-order chi connectivity index (χ0) is 13.5. The largest absolute Gasteiger partial charge is 0.478 e. The Balaban J connectivity index is 2.37. The summed E-state index contributed by atoms with van der Waals surface area (Å²) in [4.78, 5) is 10.9. The highest BCUT2D eigenvalue weighted by atomic mass is 16.4. The van der Waals surface area contributed by atoms with Gasteiger partial charge in [0.1, 0.15) is 0 Å². The molecule has 0 aliphatic carbocycles. The Bertz CT molecular complexity index is 644. The second-order valence-electron chi connectivity index (χ2n) is 3.88. The van der Waals surface area contributed by atoms with Crippen molar-refractivity contribution in [1.29, 1.82) is 0 Å². The first-order chi connectivity index (χ1) is 9.25. The summed E-state index contributed by atoms with van der Waals surface area (Å²) < 4.78 is 0. The van der Waals surface area contributed by atoms with Crippen LogP contribution < -0.4 is 0 Å². The molecule has 19 heavy (non-hydrogen) atoms. The molecule has 0 bridgehead atoms. The van der Waals surface area contributed by atoms with Crippen molar-refractivity contribution < 1.29 is 9.90 Å². The van der Waals surface area contributed by atoms with Crippen LogP contribution in [0.15, 0.2) is 66.7 Å². The monoisotopic (exact) mass is 248 g/mol. The van der Waals surface area contributed by atoms with E-state index in [1.807, 2.05) is 60.7 Å². The molecule has 0 fully saturated rings. The third-order valence-corrected chi connectivity index (χ3v) is 2.47. The minimum Gasteiger partial charge on any atom is -0.478 e. The Morgan fingerprint density at radius 3 is 2.11 bits per heavy atom. The van der Waals surface area contributed by atoms with Gasteiger partial charge in [-0.15, -0.1) is 0 Å². The molecule has 0 aromatic heterocycles. The topological polar surface area (TPSA) is 37.3 Å². The van der Waals surface area contributed by atoms with Crippen LogP contribution in [0.25, 0.3) is 5.57 Å². The van der Waals surface area contributed by atoms with E-state index in [-0.39, 0.29) is 0 Å². The summed E-state index contributed by atoms with van der Waals surface area (Å²) in [6.07, 6.45) is 1.13. The molecule has 0 radical (unpaired) electrons. The Morgan fingerprint density at radius 1 is 0.947 bits per heavy atom. The van der Waals surface area contributed by atoms with Crippen molar-refractivity contribution in [3.05, 3.63) is 77.9 Å². The molecule has 2 heteroatoms. The first-order valence-electron chi connectivity index (χ1n) is 5.83. The van der Waals surface area contributed by atoms with Gasteiger partial charge in [0.15, 0.2) is 0 Å². The van der Waals surface area contributed by atoms with Gasteiger partial charge in [0.2, 0.25) is 0 Å². The molecular formula is C17H12O2. The van der Waals surface area contributed by atoms with Crippen LogP contribution in [-0.4, -0.2) is 11.1 Å². The van der Waals surface area contributed by atoms with Gasteiger partial charge in [-0.25, -0.2) is 4.79 Å². The predicted molar refractivity (Wildman–Crippen MR) is 75.4 cm³/mol. The van der Waals surface area contributed by atoms with Crippen molar-refractivity contribution in [2.75, 3.05) is 0 Å². The van der Waals surface area contributed by atoms with Crippen molar-refractivity contribution in [2.45, 2.75) is 0 Å². The van der Waals surface area contributed by atoms with Gasteiger partial charge in [0.25, 0.3) is 0 Å². The quantitative estimate of drug-likeness (QED) is 0.654. The van der Waals surface area contributed by atoms with E-state index in [2.05, 4.69) is 11.8 Å². The lowest BCUT2D eigenvalue weighted by Gasteiger charge is -1.98. The van der Waals surface area contributed by atoms with Gasteiger partial charge in [-0.05, 0) is 17.7 Å². The van der Waals surface area contributed by atoms with Crippen LogP contribution in [0.2, 0.25) is 0 Å². The third kappa shape index (κ3) is 3.86. The first-order valence-corrected chi connectivity index (χ1v) is 5.83. The summed E-state index contributed by atoms with van der Waals surface area (Å²) >= 11 is 0. The van der Waals surface area contributed by atoms with E-state index in [4.69, 9.17) is 5.11 Å². The lowest BCUT2D eigenvalue weighted by atomic mass is 10.1. The summed E-state index contributed by atoms with van der Waals surface area (Å²) in [5.41, 5.74) is 2.15. The Labute approximate surface area is 112 Å². The molecule has 0 unspecified atom stereocenters. The first kappa shape index (κ1) is 12.7. The van der Waals surface area contributed by atoms with Crippen molar-refractivity contribution in [1.82, 2.24) is 0 Å². The van der Waals surface area contributed by atoms with E-state index < -0.39 is 5.97 Å². The third-order valence-electron chi connectivity index (χ3n) is 2.47. The number of hydrogen-bond acceptors (Lipinski definition) is 1. The maximum atomic E-state index is 10.9. The second kappa shape index (κ2) is 6.23. The van der Waals surface area contributed by atoms with Crippen LogP contribution in [0.1, 0.15) is 11.1 Å². The minimum absolute atomic E-state index is 0.497. The molecule has 92 valence electrons. The predicted octanol–water partition coefficient (Wildman–Crippen LogP) is 3.21. The molecular weight excluding hydrogens is 236 g/mol. The molecule has 0 saturated heterocycles. The molecule has 0 atom stereocenters. The molecule has 0 amide bonds. The maximum absolute atomic E-state index is 10.9. The van der Waals surface area contributed by atoms with E-state index in [0.29, 0.717) is 5.57 Å². The SMILES string of the molecule is O=C(O)/C=C(/C#Cc1ccccc1)c1ccccc1. The van der Waals surface area contributed by atoms with Gasteiger partial charge in [-0.1, -0.05) is 60.4 Å². The molecule has 0 saturated carbocycles. The van der Waals surface area contributed by atoms with E-state index in [0.717, 1.165) is 17.2 Å². The zero-order valence-corrected chi connectivity index (χ0v) is 10.2. The number of rotatable bonds is 2. The molecule has 2 nitrogen and oxygen atoms in total. The maximum Gasteiger partial charge on any atom is 0.329 e. The summed E-state index contributed by atoms with van der Waals surface area (Å²) in [6, 6.07) is 18.8. The number of carboxylic acids is 1. The molecule has 2 aromatic carbocycles. The number of carboxylic acid groups (broad SMARTS) is 1. The molecule has 2 rings (SSSR count). The molecule has 1 N–H and O–H groups in total. The van der Waals surface area contributed by atoms with Crippen LogP contribution in [0.3, 0.4) is 0 Å². The smallest absolute Gasteiger partial charge is 0.329 e. The van der Waals surface area contributed by atoms with Crippen LogP contribution in [0.5, 0.6) is 0 Å². The van der Waals surface area contributed by atoms with Gasteiger partial charge in [0.05, 0.1) is 0 Å². The molecule has 0 spiro atoms. The van der Waals surface area contributed by atoms with E-state index in [9.17, 15) is 4.79 Å². The van der Waals surface area contributed by atoms with Crippen LogP contribution in [0, 0.1) is 11.8 Å².